The van der Waals surface area contributed by atoms with Gasteiger partial charge < -0.3 is 9.80 Å². The third kappa shape index (κ3) is 3.34. The molecule has 1 atom stereocenters. The number of aryl methyl sites for hydroxylation is 2. The topological polar surface area (TPSA) is 61.7 Å². The van der Waals surface area contributed by atoms with Crippen LogP contribution in [-0.2, 0) is 11.8 Å². The van der Waals surface area contributed by atoms with E-state index in [0.29, 0.717) is 11.5 Å². The molecule has 1 spiro atoms. The van der Waals surface area contributed by atoms with E-state index in [-0.39, 0.29) is 17.4 Å². The van der Waals surface area contributed by atoms with Gasteiger partial charge in [0.25, 0.3) is 5.91 Å². The van der Waals surface area contributed by atoms with E-state index in [9.17, 15) is 9.59 Å². The van der Waals surface area contributed by atoms with E-state index in [1.165, 1.54) is 0 Å². The first-order valence-electron chi connectivity index (χ1n) is 10.7. The van der Waals surface area contributed by atoms with Gasteiger partial charge in [0, 0.05) is 39.4 Å². The third-order valence-electron chi connectivity index (χ3n) is 7.15. The molecule has 0 N–H and O–H groups in total. The highest BCUT2D eigenvalue weighted by atomic mass is 16.2. The molecular formula is C21H33N5O2. The standard InChI is InChI=1S/C21H33N5O2/c1-16-17(15-24(3)22-16)19(27)26-13-8-21(9-14-26)7-6-10-23(2)18(21)20(28)25-11-4-5-12-25/h15,18H,4-14H2,1-3H3. The lowest BCUT2D eigenvalue weighted by atomic mass is 9.66. The summed E-state index contributed by atoms with van der Waals surface area (Å²) in [7, 11) is 3.96. The van der Waals surface area contributed by atoms with Gasteiger partial charge in [-0.2, -0.15) is 5.10 Å². The number of carbonyl (C=O) groups is 2. The molecule has 3 aliphatic rings. The molecule has 154 valence electrons. The molecule has 0 radical (unpaired) electrons. The number of amides is 2. The summed E-state index contributed by atoms with van der Waals surface area (Å²) in [5, 5.41) is 4.31. The molecule has 1 unspecified atom stereocenters. The SMILES string of the molecule is Cc1nn(C)cc1C(=O)N1CCC2(CCCN(C)C2C(=O)N2CCCC2)CC1. The van der Waals surface area contributed by atoms with Gasteiger partial charge in [0.05, 0.1) is 17.3 Å². The van der Waals surface area contributed by atoms with Gasteiger partial charge in [0.2, 0.25) is 5.91 Å². The first kappa shape index (κ1) is 19.4. The summed E-state index contributed by atoms with van der Waals surface area (Å²) >= 11 is 0. The van der Waals surface area contributed by atoms with Crippen molar-refractivity contribution in [3.8, 4) is 0 Å². The predicted molar refractivity (Wildman–Crippen MR) is 107 cm³/mol. The molecular weight excluding hydrogens is 354 g/mol. The lowest BCUT2D eigenvalue weighted by molar-refractivity contribution is -0.145. The number of nitrogens with zero attached hydrogens (tertiary/aromatic N) is 5. The zero-order valence-corrected chi connectivity index (χ0v) is 17.5. The molecule has 4 heterocycles. The molecule has 3 fully saturated rings. The molecule has 3 saturated heterocycles. The van der Waals surface area contributed by atoms with Crippen molar-refractivity contribution in [2.45, 2.75) is 51.5 Å². The number of rotatable bonds is 2. The normalized spacial score (nSPS) is 25.5. The highest BCUT2D eigenvalue weighted by Gasteiger charge is 2.50. The minimum absolute atomic E-state index is 0.00738. The Morgan fingerprint density at radius 1 is 0.964 bits per heavy atom. The van der Waals surface area contributed by atoms with Crippen molar-refractivity contribution in [2.24, 2.45) is 12.5 Å². The fourth-order valence-electron chi connectivity index (χ4n) is 5.63. The van der Waals surface area contributed by atoms with Gasteiger partial charge in [0.1, 0.15) is 0 Å². The van der Waals surface area contributed by atoms with E-state index in [4.69, 9.17) is 0 Å². The number of carbonyl (C=O) groups excluding carboxylic acids is 2. The monoisotopic (exact) mass is 387 g/mol. The molecule has 7 heteroatoms. The number of aromatic nitrogens is 2. The lowest BCUT2D eigenvalue weighted by Crippen LogP contribution is -2.61. The van der Waals surface area contributed by atoms with E-state index >= 15 is 0 Å². The van der Waals surface area contributed by atoms with Crippen LogP contribution >= 0.6 is 0 Å². The van der Waals surface area contributed by atoms with Crippen molar-refractivity contribution < 1.29 is 9.59 Å². The molecule has 2 amide bonds. The minimum atomic E-state index is -0.0308. The van der Waals surface area contributed by atoms with Crippen LogP contribution in [0.15, 0.2) is 6.20 Å². The maximum atomic E-state index is 13.4. The highest BCUT2D eigenvalue weighted by molar-refractivity contribution is 5.95. The summed E-state index contributed by atoms with van der Waals surface area (Å²) in [6.07, 6.45) is 8.12. The van der Waals surface area contributed by atoms with Gasteiger partial charge in [-0.15, -0.1) is 0 Å². The molecule has 1 aromatic heterocycles. The summed E-state index contributed by atoms with van der Waals surface area (Å²) in [6.45, 7) is 6.15. The van der Waals surface area contributed by atoms with Crippen LogP contribution in [0.3, 0.4) is 0 Å². The van der Waals surface area contributed by atoms with Crippen molar-refractivity contribution >= 4 is 11.8 Å². The molecule has 7 nitrogen and oxygen atoms in total. The Bertz CT molecular complexity index is 744. The second-order valence-corrected chi connectivity index (χ2v) is 8.98. The van der Waals surface area contributed by atoms with Crippen LogP contribution in [0, 0.1) is 12.3 Å². The van der Waals surface area contributed by atoms with Gasteiger partial charge in [-0.05, 0) is 64.5 Å². The van der Waals surface area contributed by atoms with Crippen LogP contribution in [0.4, 0.5) is 0 Å². The van der Waals surface area contributed by atoms with E-state index in [0.717, 1.165) is 76.9 Å². The molecule has 1 aromatic rings. The van der Waals surface area contributed by atoms with Crippen molar-refractivity contribution in [1.82, 2.24) is 24.5 Å². The Labute approximate surface area is 167 Å². The van der Waals surface area contributed by atoms with Crippen molar-refractivity contribution in [3.05, 3.63) is 17.5 Å². The Hall–Kier alpha value is -1.89. The van der Waals surface area contributed by atoms with Crippen LogP contribution in [-0.4, -0.2) is 82.1 Å². The molecule has 3 aliphatic heterocycles. The number of likely N-dealkylation sites (tertiary alicyclic amines) is 3. The van der Waals surface area contributed by atoms with Gasteiger partial charge in [-0.1, -0.05) is 0 Å². The minimum Gasteiger partial charge on any atom is -0.341 e. The van der Waals surface area contributed by atoms with Gasteiger partial charge in [-0.25, -0.2) is 0 Å². The number of likely N-dealkylation sites (N-methyl/N-ethyl adjacent to an activating group) is 1. The van der Waals surface area contributed by atoms with E-state index in [2.05, 4.69) is 21.9 Å². The molecule has 28 heavy (non-hydrogen) atoms. The van der Waals surface area contributed by atoms with Crippen molar-refractivity contribution in [1.29, 1.82) is 0 Å². The lowest BCUT2D eigenvalue weighted by Gasteiger charge is -2.52. The number of hydrogen-bond donors (Lipinski definition) is 0. The fourth-order valence-corrected chi connectivity index (χ4v) is 5.63. The number of piperidine rings is 2. The summed E-state index contributed by atoms with van der Waals surface area (Å²) in [5.41, 5.74) is 1.49. The Morgan fingerprint density at radius 3 is 2.25 bits per heavy atom. The van der Waals surface area contributed by atoms with Crippen molar-refractivity contribution in [2.75, 3.05) is 39.8 Å². The molecule has 0 saturated carbocycles. The Balaban J connectivity index is 1.49. The molecule has 0 bridgehead atoms. The van der Waals surface area contributed by atoms with Gasteiger partial charge in [-0.3, -0.25) is 19.2 Å². The quantitative estimate of drug-likeness (QED) is 0.774. The first-order valence-corrected chi connectivity index (χ1v) is 10.7. The van der Waals surface area contributed by atoms with Gasteiger partial charge >= 0.3 is 0 Å². The highest BCUT2D eigenvalue weighted by Crippen LogP contribution is 2.45. The van der Waals surface area contributed by atoms with Crippen LogP contribution in [0.2, 0.25) is 0 Å². The van der Waals surface area contributed by atoms with Crippen LogP contribution in [0.1, 0.15) is 54.6 Å². The second-order valence-electron chi connectivity index (χ2n) is 8.98. The summed E-state index contributed by atoms with van der Waals surface area (Å²) in [5.74, 6) is 0.398. The van der Waals surface area contributed by atoms with E-state index in [1.54, 1.807) is 4.68 Å². The average molecular weight is 388 g/mol. The molecule has 0 aromatic carbocycles. The van der Waals surface area contributed by atoms with E-state index in [1.807, 2.05) is 25.1 Å². The zero-order chi connectivity index (χ0) is 19.9. The molecule has 0 aliphatic carbocycles. The maximum absolute atomic E-state index is 13.4. The second kappa shape index (κ2) is 7.50. The molecule has 4 rings (SSSR count). The van der Waals surface area contributed by atoms with Crippen LogP contribution in [0.5, 0.6) is 0 Å². The van der Waals surface area contributed by atoms with Crippen molar-refractivity contribution in [3.63, 3.8) is 0 Å². The maximum Gasteiger partial charge on any atom is 0.257 e. The first-order chi connectivity index (χ1) is 13.4. The Kier molecular flexibility index (Phi) is 5.21. The Morgan fingerprint density at radius 2 is 1.64 bits per heavy atom. The summed E-state index contributed by atoms with van der Waals surface area (Å²) in [4.78, 5) is 32.7. The number of hydrogen-bond acceptors (Lipinski definition) is 4. The third-order valence-corrected chi connectivity index (χ3v) is 7.15. The van der Waals surface area contributed by atoms with Gasteiger partial charge in [0.15, 0.2) is 0 Å². The largest absolute Gasteiger partial charge is 0.341 e. The van der Waals surface area contributed by atoms with Crippen LogP contribution in [0.25, 0.3) is 0 Å². The average Bonchev–Trinajstić information content (AvgIpc) is 3.31. The predicted octanol–water partition coefficient (Wildman–Crippen LogP) is 1.67. The fraction of sp³-hybridized carbons (Fsp3) is 0.762. The zero-order valence-electron chi connectivity index (χ0n) is 17.5. The summed E-state index contributed by atoms with van der Waals surface area (Å²) < 4.78 is 1.70. The smallest absolute Gasteiger partial charge is 0.257 e. The van der Waals surface area contributed by atoms with Crippen LogP contribution < -0.4 is 0 Å². The summed E-state index contributed by atoms with van der Waals surface area (Å²) in [6, 6.07) is -0.0308. The van der Waals surface area contributed by atoms with E-state index < -0.39 is 0 Å².